The number of carbonyl (C=O) groups is 3. The Morgan fingerprint density at radius 1 is 1.09 bits per heavy atom. The second-order valence-electron chi connectivity index (χ2n) is 4.84. The number of benzene rings is 2. The normalized spacial score (nSPS) is 12.6. The van der Waals surface area contributed by atoms with Gasteiger partial charge in [-0.25, -0.2) is 0 Å². The molecule has 116 valence electrons. The molecule has 0 saturated carbocycles. The van der Waals surface area contributed by atoms with E-state index >= 15 is 0 Å². The van der Waals surface area contributed by atoms with E-state index in [9.17, 15) is 14.4 Å². The van der Waals surface area contributed by atoms with Gasteiger partial charge in [0.2, 0.25) is 0 Å². The van der Waals surface area contributed by atoms with Crippen molar-refractivity contribution in [2.75, 3.05) is 12.4 Å². The van der Waals surface area contributed by atoms with Crippen LogP contribution in [0.4, 0.5) is 5.69 Å². The number of hydrogen-bond donors (Lipinski definition) is 2. The minimum absolute atomic E-state index is 0.246. The summed E-state index contributed by atoms with van der Waals surface area (Å²) in [5.41, 5.74) is 1.32. The molecule has 0 atom stereocenters. The highest BCUT2D eigenvalue weighted by Gasteiger charge is 2.27. The summed E-state index contributed by atoms with van der Waals surface area (Å²) < 4.78 is 5.98. The second-order valence-corrected chi connectivity index (χ2v) is 5.76. The lowest BCUT2D eigenvalue weighted by atomic mass is 10.1. The van der Waals surface area contributed by atoms with Gasteiger partial charge in [-0.2, -0.15) is 0 Å². The lowest BCUT2D eigenvalue weighted by molar-refractivity contribution is 0.0878. The maximum Gasteiger partial charge on any atom is 0.259 e. The summed E-state index contributed by atoms with van der Waals surface area (Å²) >= 11 is 3.31. The molecule has 1 aliphatic heterocycles. The molecule has 2 N–H and O–H groups in total. The Morgan fingerprint density at radius 3 is 2.57 bits per heavy atom. The molecule has 23 heavy (non-hydrogen) atoms. The van der Waals surface area contributed by atoms with E-state index in [2.05, 4.69) is 26.6 Å². The zero-order valence-corrected chi connectivity index (χ0v) is 13.6. The highest BCUT2D eigenvalue weighted by molar-refractivity contribution is 9.10. The minimum atomic E-state index is -0.470. The number of imide groups is 1. The van der Waals surface area contributed by atoms with Gasteiger partial charge in [0.1, 0.15) is 5.75 Å². The topological polar surface area (TPSA) is 84.5 Å². The number of carbonyl (C=O) groups excluding carboxylic acids is 3. The van der Waals surface area contributed by atoms with Crippen LogP contribution in [0.3, 0.4) is 0 Å². The molecule has 7 heteroatoms. The van der Waals surface area contributed by atoms with Gasteiger partial charge >= 0.3 is 0 Å². The molecule has 0 unspecified atom stereocenters. The van der Waals surface area contributed by atoms with Crippen molar-refractivity contribution < 1.29 is 19.1 Å². The predicted octanol–water partition coefficient (Wildman–Crippen LogP) is 2.59. The molecule has 0 radical (unpaired) electrons. The summed E-state index contributed by atoms with van der Waals surface area (Å²) in [5, 5.41) is 4.90. The van der Waals surface area contributed by atoms with Crippen LogP contribution in [0.5, 0.6) is 5.75 Å². The van der Waals surface area contributed by atoms with Gasteiger partial charge in [0, 0.05) is 10.2 Å². The zero-order valence-electron chi connectivity index (χ0n) is 12.0. The molecule has 1 aliphatic rings. The Kier molecular flexibility index (Phi) is 3.87. The van der Waals surface area contributed by atoms with Crippen molar-refractivity contribution in [2.24, 2.45) is 0 Å². The second kappa shape index (κ2) is 5.85. The molecule has 0 spiro atoms. The van der Waals surface area contributed by atoms with Crippen molar-refractivity contribution in [3.05, 3.63) is 57.6 Å². The third-order valence-electron chi connectivity index (χ3n) is 3.40. The Morgan fingerprint density at radius 2 is 1.83 bits per heavy atom. The molecule has 0 fully saturated rings. The first kappa shape index (κ1) is 15.2. The van der Waals surface area contributed by atoms with Gasteiger partial charge < -0.3 is 10.1 Å². The van der Waals surface area contributed by atoms with Crippen LogP contribution in [0.1, 0.15) is 31.1 Å². The summed E-state index contributed by atoms with van der Waals surface area (Å²) in [5.74, 6) is -0.857. The van der Waals surface area contributed by atoms with Crippen LogP contribution in [0.25, 0.3) is 0 Å². The molecule has 0 aromatic heterocycles. The lowest BCUT2D eigenvalue weighted by Gasteiger charge is -2.10. The monoisotopic (exact) mass is 374 g/mol. The van der Waals surface area contributed by atoms with Gasteiger partial charge in [0.15, 0.2) is 0 Å². The van der Waals surface area contributed by atoms with E-state index in [1.807, 2.05) is 0 Å². The average molecular weight is 375 g/mol. The van der Waals surface area contributed by atoms with Crippen molar-refractivity contribution in [2.45, 2.75) is 0 Å². The van der Waals surface area contributed by atoms with Gasteiger partial charge in [0.05, 0.1) is 23.8 Å². The minimum Gasteiger partial charge on any atom is -0.496 e. The van der Waals surface area contributed by atoms with Crippen molar-refractivity contribution in [1.29, 1.82) is 0 Å². The maximum atomic E-state index is 12.4. The number of nitrogens with one attached hydrogen (secondary N) is 2. The summed E-state index contributed by atoms with van der Waals surface area (Å²) in [6.07, 6.45) is 0. The number of methoxy groups -OCH3 is 1. The van der Waals surface area contributed by atoms with Gasteiger partial charge in [-0.15, -0.1) is 0 Å². The molecule has 3 rings (SSSR count). The van der Waals surface area contributed by atoms with Crippen molar-refractivity contribution in [1.82, 2.24) is 5.32 Å². The van der Waals surface area contributed by atoms with Crippen LogP contribution in [0.15, 0.2) is 40.9 Å². The molecule has 1 heterocycles. The van der Waals surface area contributed by atoms with Crippen LogP contribution < -0.4 is 15.4 Å². The SMILES string of the molecule is COc1cc(Br)ccc1C(=O)Nc1ccc2c(c1)C(=O)NC2=O. The van der Waals surface area contributed by atoms with Gasteiger partial charge in [-0.05, 0) is 36.4 Å². The number of halogens is 1. The molecule has 0 saturated heterocycles. The van der Waals surface area contributed by atoms with Crippen molar-refractivity contribution in [3.63, 3.8) is 0 Å². The highest BCUT2D eigenvalue weighted by Crippen LogP contribution is 2.25. The Balaban J connectivity index is 1.88. The number of fused-ring (bicyclic) bond motifs is 1. The summed E-state index contributed by atoms with van der Waals surface area (Å²) in [6, 6.07) is 9.58. The maximum absolute atomic E-state index is 12.4. The van der Waals surface area contributed by atoms with Crippen LogP contribution in [-0.2, 0) is 0 Å². The fourth-order valence-corrected chi connectivity index (χ4v) is 2.64. The molecule has 0 bridgehead atoms. The molecule has 0 aliphatic carbocycles. The number of hydrogen-bond acceptors (Lipinski definition) is 4. The first-order chi connectivity index (χ1) is 11.0. The lowest BCUT2D eigenvalue weighted by Crippen LogP contribution is -2.19. The van der Waals surface area contributed by atoms with Crippen molar-refractivity contribution >= 4 is 39.3 Å². The first-order valence-electron chi connectivity index (χ1n) is 6.64. The van der Waals surface area contributed by atoms with E-state index in [4.69, 9.17) is 4.74 Å². The van der Waals surface area contributed by atoms with Crippen LogP contribution in [0, 0.1) is 0 Å². The fraction of sp³-hybridized carbons (Fsp3) is 0.0625. The Bertz CT molecular complexity index is 848. The van der Waals surface area contributed by atoms with Gasteiger partial charge in [0.25, 0.3) is 17.7 Å². The van der Waals surface area contributed by atoms with Crippen LogP contribution >= 0.6 is 15.9 Å². The average Bonchev–Trinajstić information content (AvgIpc) is 2.81. The molecule has 6 nitrogen and oxygen atoms in total. The quantitative estimate of drug-likeness (QED) is 0.808. The van der Waals surface area contributed by atoms with Crippen LogP contribution in [0.2, 0.25) is 0 Å². The molecule has 2 aromatic rings. The van der Waals surface area contributed by atoms with Crippen molar-refractivity contribution in [3.8, 4) is 5.75 Å². The number of amides is 3. The van der Waals surface area contributed by atoms with E-state index in [1.54, 1.807) is 24.3 Å². The van der Waals surface area contributed by atoms with Gasteiger partial charge in [-0.1, -0.05) is 15.9 Å². The summed E-state index contributed by atoms with van der Waals surface area (Å²) in [4.78, 5) is 35.5. The Labute approximate surface area is 140 Å². The molecule has 2 aromatic carbocycles. The number of anilines is 1. The fourth-order valence-electron chi connectivity index (χ4n) is 2.30. The predicted molar refractivity (Wildman–Crippen MR) is 86.9 cm³/mol. The highest BCUT2D eigenvalue weighted by atomic mass is 79.9. The molecular formula is C16H11BrN2O4. The Hall–Kier alpha value is -2.67. The summed E-state index contributed by atoms with van der Waals surface area (Å²) in [7, 11) is 1.48. The van der Waals surface area contributed by atoms with E-state index < -0.39 is 11.8 Å². The van der Waals surface area contributed by atoms with Gasteiger partial charge in [-0.3, -0.25) is 19.7 Å². The van der Waals surface area contributed by atoms with Crippen LogP contribution in [-0.4, -0.2) is 24.8 Å². The first-order valence-corrected chi connectivity index (χ1v) is 7.43. The standard InChI is InChI=1S/C16H11BrN2O4/c1-23-13-6-8(17)2-4-11(13)15(21)18-9-3-5-10-12(7-9)16(22)19-14(10)20/h2-7H,1H3,(H,18,21)(H,19,20,22). The van der Waals surface area contributed by atoms with E-state index in [0.29, 0.717) is 22.6 Å². The number of rotatable bonds is 3. The van der Waals surface area contributed by atoms with E-state index in [-0.39, 0.29) is 11.5 Å². The third kappa shape index (κ3) is 2.83. The van der Waals surface area contributed by atoms with E-state index in [1.165, 1.54) is 19.2 Å². The number of ether oxygens (including phenoxy) is 1. The third-order valence-corrected chi connectivity index (χ3v) is 3.90. The smallest absolute Gasteiger partial charge is 0.259 e. The largest absolute Gasteiger partial charge is 0.496 e. The zero-order chi connectivity index (χ0) is 16.6. The molecule has 3 amide bonds. The van der Waals surface area contributed by atoms with E-state index in [0.717, 1.165) is 4.47 Å². The molecular weight excluding hydrogens is 364 g/mol. The summed E-state index contributed by atoms with van der Waals surface area (Å²) in [6.45, 7) is 0.